The number of ether oxygens (including phenoxy) is 1. The maximum Gasteiger partial charge on any atom is 0.260 e. The molecule has 2 heterocycles. The van der Waals surface area contributed by atoms with E-state index in [1.54, 1.807) is 6.07 Å². The Labute approximate surface area is 177 Å². The number of hydrogen-bond acceptors (Lipinski definition) is 4. The molecule has 30 heavy (non-hydrogen) atoms. The first kappa shape index (κ1) is 20.4. The minimum Gasteiger partial charge on any atom is -0.484 e. The molecule has 1 atom stereocenters. The highest BCUT2D eigenvalue weighted by molar-refractivity contribution is 5.95. The lowest BCUT2D eigenvalue weighted by atomic mass is 10.1. The molecule has 2 aliphatic heterocycles. The Bertz CT molecular complexity index is 865. The second-order valence-electron chi connectivity index (χ2n) is 8.01. The molecular weight excluding hydrogens is 378 g/mol. The fourth-order valence-electron chi connectivity index (χ4n) is 4.22. The van der Waals surface area contributed by atoms with E-state index in [0.29, 0.717) is 11.4 Å². The lowest BCUT2D eigenvalue weighted by Gasteiger charge is -2.24. The van der Waals surface area contributed by atoms with Crippen molar-refractivity contribution in [3.8, 4) is 5.75 Å². The van der Waals surface area contributed by atoms with E-state index in [1.165, 1.54) is 5.56 Å². The normalized spacial score (nSPS) is 19.1. The van der Waals surface area contributed by atoms with E-state index in [9.17, 15) is 9.59 Å². The van der Waals surface area contributed by atoms with E-state index < -0.39 is 0 Å². The van der Waals surface area contributed by atoms with Crippen LogP contribution in [0.4, 0.5) is 5.69 Å². The summed E-state index contributed by atoms with van der Waals surface area (Å²) in [6.45, 7) is 3.37. The Balaban J connectivity index is 1.32. The van der Waals surface area contributed by atoms with Crippen LogP contribution in [0.15, 0.2) is 54.6 Å². The van der Waals surface area contributed by atoms with Crippen molar-refractivity contribution in [1.82, 2.24) is 9.80 Å². The summed E-state index contributed by atoms with van der Waals surface area (Å²) in [5.74, 6) is 0.617. The van der Waals surface area contributed by atoms with Crippen LogP contribution in [-0.4, -0.2) is 53.9 Å². The molecule has 2 aromatic rings. The Morgan fingerprint density at radius 2 is 1.77 bits per heavy atom. The highest BCUT2D eigenvalue weighted by Gasteiger charge is 2.30. The van der Waals surface area contributed by atoms with Crippen LogP contribution in [0.3, 0.4) is 0 Å². The first-order valence-electron chi connectivity index (χ1n) is 10.8. The van der Waals surface area contributed by atoms with Gasteiger partial charge in [-0.15, -0.1) is 0 Å². The lowest BCUT2D eigenvalue weighted by Crippen LogP contribution is -2.39. The average Bonchev–Trinajstić information content (AvgIpc) is 3.45. The van der Waals surface area contributed by atoms with Crippen molar-refractivity contribution in [2.75, 3.05) is 31.6 Å². The number of hydrogen-bond donors (Lipinski definition) is 1. The van der Waals surface area contributed by atoms with Gasteiger partial charge in [0, 0.05) is 31.4 Å². The van der Waals surface area contributed by atoms with Crippen LogP contribution >= 0.6 is 0 Å². The number of benzene rings is 2. The number of nitrogens with zero attached hydrogens (tertiary/aromatic N) is 2. The summed E-state index contributed by atoms with van der Waals surface area (Å²) < 4.78 is 5.68. The fraction of sp³-hybridized carbons (Fsp3) is 0.417. The third-order valence-corrected chi connectivity index (χ3v) is 5.82. The minimum absolute atomic E-state index is 0.00808. The van der Waals surface area contributed by atoms with Crippen molar-refractivity contribution < 1.29 is 14.3 Å². The summed E-state index contributed by atoms with van der Waals surface area (Å²) in [5.41, 5.74) is 1.91. The molecule has 1 unspecified atom stereocenters. The summed E-state index contributed by atoms with van der Waals surface area (Å²) in [5, 5.41) is 3.03. The first-order valence-corrected chi connectivity index (χ1v) is 10.8. The number of amides is 2. The van der Waals surface area contributed by atoms with E-state index in [0.717, 1.165) is 51.9 Å². The molecule has 0 aliphatic carbocycles. The van der Waals surface area contributed by atoms with Crippen LogP contribution in [0, 0.1) is 0 Å². The molecule has 4 rings (SSSR count). The smallest absolute Gasteiger partial charge is 0.260 e. The van der Waals surface area contributed by atoms with E-state index >= 15 is 0 Å². The predicted molar refractivity (Wildman–Crippen MR) is 116 cm³/mol. The van der Waals surface area contributed by atoms with Crippen LogP contribution in [0.5, 0.6) is 5.75 Å². The fourth-order valence-corrected chi connectivity index (χ4v) is 4.22. The third-order valence-electron chi connectivity index (χ3n) is 5.82. The van der Waals surface area contributed by atoms with Gasteiger partial charge < -0.3 is 15.0 Å². The molecule has 158 valence electrons. The summed E-state index contributed by atoms with van der Waals surface area (Å²) in [4.78, 5) is 29.2. The van der Waals surface area contributed by atoms with Crippen molar-refractivity contribution in [3.63, 3.8) is 0 Å². The Hall–Kier alpha value is -2.86. The zero-order valence-corrected chi connectivity index (χ0v) is 17.3. The minimum atomic E-state index is -0.133. The predicted octanol–water partition coefficient (Wildman–Crippen LogP) is 3.29. The van der Waals surface area contributed by atoms with E-state index in [2.05, 4.69) is 22.3 Å². The third kappa shape index (κ3) is 5.19. The zero-order valence-electron chi connectivity index (χ0n) is 17.3. The standard InChI is InChI=1S/C24H29N3O3/c28-23(26-13-4-5-14-26)18-30-21-11-6-10-20(16-21)25-24(29)22-12-7-15-27(22)17-19-8-2-1-3-9-19/h1-3,6,8-11,16,22H,4-5,7,12-15,17-18H2,(H,25,29). The quantitative estimate of drug-likeness (QED) is 0.765. The van der Waals surface area contributed by atoms with Gasteiger partial charge in [-0.3, -0.25) is 14.5 Å². The molecule has 2 saturated heterocycles. The molecule has 0 saturated carbocycles. The second kappa shape index (κ2) is 9.76. The lowest BCUT2D eigenvalue weighted by molar-refractivity contribution is -0.132. The van der Waals surface area contributed by atoms with Crippen LogP contribution in [0.1, 0.15) is 31.2 Å². The SMILES string of the molecule is O=C(Nc1cccc(OCC(=O)N2CCCC2)c1)C1CCCN1Cc1ccccc1. The van der Waals surface area contributed by atoms with Gasteiger partial charge in [0.05, 0.1) is 6.04 Å². The van der Waals surface area contributed by atoms with Crippen LogP contribution < -0.4 is 10.1 Å². The van der Waals surface area contributed by atoms with Gasteiger partial charge in [-0.2, -0.15) is 0 Å². The van der Waals surface area contributed by atoms with Crippen LogP contribution in [-0.2, 0) is 16.1 Å². The molecule has 1 N–H and O–H groups in total. The number of rotatable bonds is 7. The number of anilines is 1. The molecular formula is C24H29N3O3. The van der Waals surface area contributed by atoms with Gasteiger partial charge in [0.25, 0.3) is 5.91 Å². The molecule has 2 aromatic carbocycles. The molecule has 2 fully saturated rings. The molecule has 2 amide bonds. The van der Waals surface area contributed by atoms with Gasteiger partial charge >= 0.3 is 0 Å². The Kier molecular flexibility index (Phi) is 6.64. The number of carbonyl (C=O) groups is 2. The van der Waals surface area contributed by atoms with Gasteiger partial charge in [-0.25, -0.2) is 0 Å². The van der Waals surface area contributed by atoms with Gasteiger partial charge in [0.15, 0.2) is 6.61 Å². The molecule has 6 heteroatoms. The zero-order chi connectivity index (χ0) is 20.8. The average molecular weight is 408 g/mol. The molecule has 0 bridgehead atoms. The van der Waals surface area contributed by atoms with Gasteiger partial charge in [-0.05, 0) is 49.9 Å². The van der Waals surface area contributed by atoms with Crippen molar-refractivity contribution >= 4 is 17.5 Å². The van der Waals surface area contributed by atoms with Crippen LogP contribution in [0.25, 0.3) is 0 Å². The summed E-state index contributed by atoms with van der Waals surface area (Å²) in [6, 6.07) is 17.4. The maximum atomic E-state index is 12.9. The van der Waals surface area contributed by atoms with E-state index in [1.807, 2.05) is 41.3 Å². The maximum absolute atomic E-state index is 12.9. The Morgan fingerprint density at radius 1 is 0.967 bits per heavy atom. The van der Waals surface area contributed by atoms with E-state index in [4.69, 9.17) is 4.74 Å². The topological polar surface area (TPSA) is 61.9 Å². The van der Waals surface area contributed by atoms with Crippen molar-refractivity contribution in [3.05, 3.63) is 60.2 Å². The van der Waals surface area contributed by atoms with E-state index in [-0.39, 0.29) is 24.5 Å². The number of nitrogens with one attached hydrogen (secondary N) is 1. The van der Waals surface area contributed by atoms with Crippen molar-refractivity contribution in [2.45, 2.75) is 38.3 Å². The van der Waals surface area contributed by atoms with Crippen molar-refractivity contribution in [1.29, 1.82) is 0 Å². The van der Waals surface area contributed by atoms with Crippen molar-refractivity contribution in [2.24, 2.45) is 0 Å². The second-order valence-corrected chi connectivity index (χ2v) is 8.01. The highest BCUT2D eigenvalue weighted by Crippen LogP contribution is 2.23. The molecule has 0 radical (unpaired) electrons. The number of carbonyl (C=O) groups excluding carboxylic acids is 2. The van der Waals surface area contributed by atoms with Gasteiger partial charge in [0.2, 0.25) is 5.91 Å². The first-order chi connectivity index (χ1) is 14.7. The molecule has 0 aromatic heterocycles. The number of likely N-dealkylation sites (tertiary alicyclic amines) is 2. The summed E-state index contributed by atoms with van der Waals surface area (Å²) in [7, 11) is 0. The largest absolute Gasteiger partial charge is 0.484 e. The molecule has 2 aliphatic rings. The van der Waals surface area contributed by atoms with Gasteiger partial charge in [-0.1, -0.05) is 36.4 Å². The van der Waals surface area contributed by atoms with Gasteiger partial charge in [0.1, 0.15) is 5.75 Å². The summed E-state index contributed by atoms with van der Waals surface area (Å²) in [6.07, 6.45) is 4.01. The highest BCUT2D eigenvalue weighted by atomic mass is 16.5. The Morgan fingerprint density at radius 3 is 2.57 bits per heavy atom. The molecule has 0 spiro atoms. The monoisotopic (exact) mass is 407 g/mol. The van der Waals surface area contributed by atoms with Crippen LogP contribution in [0.2, 0.25) is 0 Å². The molecule has 6 nitrogen and oxygen atoms in total. The summed E-state index contributed by atoms with van der Waals surface area (Å²) >= 11 is 0.